The van der Waals surface area contributed by atoms with E-state index in [4.69, 9.17) is 4.74 Å². The van der Waals surface area contributed by atoms with Crippen LogP contribution in [0.2, 0.25) is 0 Å². The lowest BCUT2D eigenvalue weighted by Gasteiger charge is -2.07. The highest BCUT2D eigenvalue weighted by Crippen LogP contribution is 2.29. The first-order chi connectivity index (χ1) is 11.9. The van der Waals surface area contributed by atoms with Crippen molar-refractivity contribution in [1.29, 1.82) is 0 Å². The molecule has 0 amide bonds. The van der Waals surface area contributed by atoms with Crippen LogP contribution in [0, 0.1) is 0 Å². The largest absolute Gasteiger partial charge is 0.497 e. The van der Waals surface area contributed by atoms with Crippen LogP contribution in [0.1, 0.15) is 11.5 Å². The summed E-state index contributed by atoms with van der Waals surface area (Å²) in [6.07, 6.45) is -3.27. The Hall–Kier alpha value is -3.10. The summed E-state index contributed by atoms with van der Waals surface area (Å²) in [7, 11) is 1.54. The molecule has 0 spiro atoms. The van der Waals surface area contributed by atoms with Crippen molar-refractivity contribution in [2.24, 2.45) is 0 Å². The summed E-state index contributed by atoms with van der Waals surface area (Å²) < 4.78 is 48.2. The van der Waals surface area contributed by atoms with Gasteiger partial charge in [0, 0.05) is 17.8 Å². The molecule has 0 unspecified atom stereocenters. The van der Waals surface area contributed by atoms with Crippen LogP contribution >= 0.6 is 0 Å². The van der Waals surface area contributed by atoms with Gasteiger partial charge in [0.2, 0.25) is 5.82 Å². The number of nitrogens with zero attached hydrogens (tertiary/aromatic N) is 3. The summed E-state index contributed by atoms with van der Waals surface area (Å²) >= 11 is 0. The lowest BCUT2D eigenvalue weighted by molar-refractivity contribution is -0.159. The molecule has 2 aromatic heterocycles. The maximum atomic E-state index is 12.5. The fraction of sp³-hybridized carbons (Fsp3) is 0.188. The number of hydrogen-bond acceptors (Lipinski definition) is 5. The first-order valence-corrected chi connectivity index (χ1v) is 7.11. The minimum atomic E-state index is -4.73. The average molecular weight is 351 g/mol. The molecule has 3 rings (SSSR count). The molecule has 0 aliphatic carbocycles. The van der Waals surface area contributed by atoms with Crippen LogP contribution in [0.3, 0.4) is 0 Å². The van der Waals surface area contributed by atoms with E-state index in [1.54, 1.807) is 25.3 Å². The van der Waals surface area contributed by atoms with Gasteiger partial charge in [-0.3, -0.25) is 4.79 Å². The normalized spacial score (nSPS) is 11.5. The molecule has 6 nitrogen and oxygen atoms in total. The predicted octanol–water partition coefficient (Wildman–Crippen LogP) is 2.97. The Morgan fingerprint density at radius 1 is 1.24 bits per heavy atom. The number of alkyl halides is 3. The Balaban J connectivity index is 1.86. The molecule has 0 aliphatic heterocycles. The van der Waals surface area contributed by atoms with E-state index in [-0.39, 0.29) is 17.9 Å². The van der Waals surface area contributed by atoms with Crippen molar-refractivity contribution in [3.63, 3.8) is 0 Å². The smallest absolute Gasteiger partial charge is 0.471 e. The van der Waals surface area contributed by atoms with Crippen LogP contribution < -0.4 is 10.3 Å². The van der Waals surface area contributed by atoms with Gasteiger partial charge in [-0.15, -0.1) is 0 Å². The Bertz CT molecular complexity index is 947. The predicted molar refractivity (Wildman–Crippen MR) is 81.1 cm³/mol. The number of pyridine rings is 1. The third-order valence-electron chi connectivity index (χ3n) is 3.41. The van der Waals surface area contributed by atoms with Crippen molar-refractivity contribution in [3.05, 3.63) is 64.4 Å². The van der Waals surface area contributed by atoms with Crippen molar-refractivity contribution in [3.8, 4) is 17.1 Å². The van der Waals surface area contributed by atoms with Crippen LogP contribution in [-0.4, -0.2) is 21.8 Å². The molecule has 130 valence electrons. The van der Waals surface area contributed by atoms with E-state index >= 15 is 0 Å². The maximum absolute atomic E-state index is 12.5. The van der Waals surface area contributed by atoms with E-state index in [0.29, 0.717) is 5.75 Å². The zero-order valence-electron chi connectivity index (χ0n) is 12.9. The number of benzene rings is 1. The number of rotatable bonds is 4. The third kappa shape index (κ3) is 3.70. The number of ether oxygens (including phenoxy) is 1. The molecule has 0 fully saturated rings. The van der Waals surface area contributed by atoms with E-state index in [9.17, 15) is 18.0 Å². The van der Waals surface area contributed by atoms with Crippen LogP contribution in [0.4, 0.5) is 13.2 Å². The van der Waals surface area contributed by atoms with Gasteiger partial charge in [-0.1, -0.05) is 17.3 Å². The van der Waals surface area contributed by atoms with Crippen molar-refractivity contribution in [2.45, 2.75) is 12.7 Å². The molecular weight excluding hydrogens is 339 g/mol. The topological polar surface area (TPSA) is 70.2 Å². The summed E-state index contributed by atoms with van der Waals surface area (Å²) in [5, 5.41) is 3.26. The van der Waals surface area contributed by atoms with Crippen LogP contribution in [0.15, 0.2) is 51.9 Å². The van der Waals surface area contributed by atoms with Crippen molar-refractivity contribution in [1.82, 2.24) is 14.7 Å². The molecule has 25 heavy (non-hydrogen) atoms. The summed E-state index contributed by atoms with van der Waals surface area (Å²) in [5.41, 5.74) is 0.581. The lowest BCUT2D eigenvalue weighted by atomic mass is 10.2. The summed E-state index contributed by atoms with van der Waals surface area (Å²) in [4.78, 5) is 15.5. The second-order valence-corrected chi connectivity index (χ2v) is 5.15. The van der Waals surface area contributed by atoms with Gasteiger partial charge < -0.3 is 13.8 Å². The molecular formula is C16H12F3N3O3. The van der Waals surface area contributed by atoms with Crippen LogP contribution in [0.5, 0.6) is 5.75 Å². The first kappa shape index (κ1) is 16.7. The highest BCUT2D eigenvalue weighted by molar-refractivity contribution is 5.52. The Labute approximate surface area is 139 Å². The molecule has 0 radical (unpaired) electrons. The van der Waals surface area contributed by atoms with Crippen molar-refractivity contribution < 1.29 is 22.4 Å². The molecule has 9 heteroatoms. The third-order valence-corrected chi connectivity index (χ3v) is 3.41. The molecule has 0 atom stereocenters. The van der Waals surface area contributed by atoms with Gasteiger partial charge in [-0.05, 0) is 23.8 Å². The highest BCUT2D eigenvalue weighted by atomic mass is 19.4. The number of methoxy groups -OCH3 is 1. The van der Waals surface area contributed by atoms with Gasteiger partial charge in [0.15, 0.2) is 0 Å². The van der Waals surface area contributed by atoms with Crippen molar-refractivity contribution in [2.75, 3.05) is 7.11 Å². The molecule has 0 saturated heterocycles. The molecule has 2 heterocycles. The summed E-state index contributed by atoms with van der Waals surface area (Å²) in [5.74, 6) is -1.09. The van der Waals surface area contributed by atoms with E-state index < -0.39 is 17.6 Å². The summed E-state index contributed by atoms with van der Waals surface area (Å²) in [6, 6.07) is 9.81. The minimum absolute atomic E-state index is 0.145. The van der Waals surface area contributed by atoms with Gasteiger partial charge in [-0.2, -0.15) is 18.2 Å². The van der Waals surface area contributed by atoms with Crippen LogP contribution in [0.25, 0.3) is 11.4 Å². The average Bonchev–Trinajstić information content (AvgIpc) is 3.07. The Morgan fingerprint density at radius 3 is 2.68 bits per heavy atom. The van der Waals surface area contributed by atoms with E-state index in [0.717, 1.165) is 11.6 Å². The zero-order valence-corrected chi connectivity index (χ0v) is 12.9. The lowest BCUT2D eigenvalue weighted by Crippen LogP contribution is -2.19. The Morgan fingerprint density at radius 2 is 2.04 bits per heavy atom. The van der Waals surface area contributed by atoms with Crippen molar-refractivity contribution >= 4 is 0 Å². The molecule has 3 aromatic rings. The Kier molecular flexibility index (Phi) is 4.30. The quantitative estimate of drug-likeness (QED) is 0.723. The van der Waals surface area contributed by atoms with E-state index in [1.165, 1.54) is 16.8 Å². The number of halogens is 3. The molecule has 0 aliphatic rings. The fourth-order valence-electron chi connectivity index (χ4n) is 2.20. The maximum Gasteiger partial charge on any atom is 0.471 e. The second-order valence-electron chi connectivity index (χ2n) is 5.15. The van der Waals surface area contributed by atoms with E-state index in [1.807, 2.05) is 6.07 Å². The van der Waals surface area contributed by atoms with E-state index in [2.05, 4.69) is 14.7 Å². The first-order valence-electron chi connectivity index (χ1n) is 7.11. The summed E-state index contributed by atoms with van der Waals surface area (Å²) in [6.45, 7) is 0.288. The SMILES string of the molecule is COc1cccc(Cn2ccc(-c3noc(C(F)(F)F)n3)cc2=O)c1. The van der Waals surface area contributed by atoms with Gasteiger partial charge in [-0.25, -0.2) is 0 Å². The molecule has 0 N–H and O–H groups in total. The van der Waals surface area contributed by atoms with Gasteiger partial charge in [0.05, 0.1) is 13.7 Å². The second kappa shape index (κ2) is 6.42. The number of hydrogen-bond donors (Lipinski definition) is 0. The monoisotopic (exact) mass is 351 g/mol. The molecule has 0 saturated carbocycles. The van der Waals surface area contributed by atoms with Crippen LogP contribution in [-0.2, 0) is 12.7 Å². The van der Waals surface area contributed by atoms with Gasteiger partial charge in [0.1, 0.15) is 5.75 Å². The fourth-order valence-corrected chi connectivity index (χ4v) is 2.20. The van der Waals surface area contributed by atoms with Gasteiger partial charge in [0.25, 0.3) is 5.56 Å². The highest BCUT2D eigenvalue weighted by Gasteiger charge is 2.38. The van der Waals surface area contributed by atoms with Gasteiger partial charge >= 0.3 is 12.1 Å². The molecule has 1 aromatic carbocycles. The number of aromatic nitrogens is 3. The standard InChI is InChI=1S/C16H12F3N3O3/c1-24-12-4-2-3-10(7-12)9-22-6-5-11(8-13(22)23)14-20-15(25-21-14)16(17,18)19/h2-8H,9H2,1H3. The zero-order chi connectivity index (χ0) is 18.0. The molecule has 0 bridgehead atoms. The minimum Gasteiger partial charge on any atom is -0.497 e.